The summed E-state index contributed by atoms with van der Waals surface area (Å²) in [7, 11) is 0. The molecule has 0 aromatic heterocycles. The van der Waals surface area contributed by atoms with Crippen LogP contribution in [0.2, 0.25) is 0 Å². The molecule has 1 heterocycles. The number of rotatable bonds is 5. The number of aliphatic hydroxyl groups excluding tert-OH is 1. The zero-order valence-electron chi connectivity index (χ0n) is 10.3. The van der Waals surface area contributed by atoms with E-state index in [-0.39, 0.29) is 6.10 Å². The smallest absolute Gasteiger partial charge is 0.0762 e. The molecule has 17 heavy (non-hydrogen) atoms. The molecule has 0 bridgehead atoms. The van der Waals surface area contributed by atoms with Crippen LogP contribution >= 0.6 is 11.8 Å². The lowest BCUT2D eigenvalue weighted by Gasteiger charge is -2.10. The van der Waals surface area contributed by atoms with Gasteiger partial charge in [0.2, 0.25) is 0 Å². The van der Waals surface area contributed by atoms with Gasteiger partial charge in [-0.25, -0.2) is 0 Å². The second-order valence-electron chi connectivity index (χ2n) is 4.52. The number of ether oxygens (including phenoxy) is 1. The van der Waals surface area contributed by atoms with E-state index in [0.717, 1.165) is 24.3 Å². The Balaban J connectivity index is 1.79. The normalized spacial score (nSPS) is 21.6. The highest BCUT2D eigenvalue weighted by atomic mass is 32.2. The molecule has 1 saturated heterocycles. The van der Waals surface area contributed by atoms with Gasteiger partial charge in [0.05, 0.1) is 12.2 Å². The lowest BCUT2D eigenvalue weighted by molar-refractivity contribution is 0.109. The van der Waals surface area contributed by atoms with E-state index in [1.807, 2.05) is 23.9 Å². The molecule has 2 atom stereocenters. The van der Waals surface area contributed by atoms with Crippen molar-refractivity contribution >= 4 is 11.8 Å². The zero-order valence-corrected chi connectivity index (χ0v) is 11.1. The molecular weight excluding hydrogens is 232 g/mol. The third-order valence-corrected chi connectivity index (χ3v) is 4.10. The topological polar surface area (TPSA) is 29.5 Å². The maximum absolute atomic E-state index is 9.52. The molecule has 1 aliphatic rings. The summed E-state index contributed by atoms with van der Waals surface area (Å²) in [5, 5.41) is 9.52. The van der Waals surface area contributed by atoms with Crippen LogP contribution in [0.15, 0.2) is 29.2 Å². The second-order valence-corrected chi connectivity index (χ2v) is 5.69. The fourth-order valence-electron chi connectivity index (χ4n) is 2.04. The SMILES string of the molecule is CC(O)c1cccc(SCCC2CCCO2)c1. The van der Waals surface area contributed by atoms with Crippen LogP contribution in [-0.4, -0.2) is 23.6 Å². The van der Waals surface area contributed by atoms with Crippen LogP contribution < -0.4 is 0 Å². The third-order valence-electron chi connectivity index (χ3n) is 3.07. The van der Waals surface area contributed by atoms with Crippen LogP contribution in [0.4, 0.5) is 0 Å². The molecule has 1 aliphatic heterocycles. The van der Waals surface area contributed by atoms with Crippen molar-refractivity contribution in [1.82, 2.24) is 0 Å². The van der Waals surface area contributed by atoms with Crippen molar-refractivity contribution in [3.8, 4) is 0 Å². The molecule has 1 aromatic carbocycles. The number of thioether (sulfide) groups is 1. The Morgan fingerprint density at radius 3 is 3.12 bits per heavy atom. The Morgan fingerprint density at radius 2 is 2.41 bits per heavy atom. The molecule has 1 aromatic rings. The van der Waals surface area contributed by atoms with Crippen LogP contribution in [0.5, 0.6) is 0 Å². The van der Waals surface area contributed by atoms with Crippen LogP contribution in [0.25, 0.3) is 0 Å². The fourth-order valence-corrected chi connectivity index (χ4v) is 3.06. The molecule has 0 aliphatic carbocycles. The third kappa shape index (κ3) is 4.02. The Kier molecular flexibility index (Phi) is 4.89. The Hall–Kier alpha value is -0.510. The first-order valence-corrected chi connectivity index (χ1v) is 7.26. The van der Waals surface area contributed by atoms with E-state index in [4.69, 9.17) is 4.74 Å². The van der Waals surface area contributed by atoms with Gasteiger partial charge in [-0.1, -0.05) is 12.1 Å². The highest BCUT2D eigenvalue weighted by molar-refractivity contribution is 7.99. The number of benzene rings is 1. The molecule has 0 spiro atoms. The minimum Gasteiger partial charge on any atom is -0.389 e. The summed E-state index contributed by atoms with van der Waals surface area (Å²) in [5.74, 6) is 1.09. The van der Waals surface area contributed by atoms with E-state index >= 15 is 0 Å². The quantitative estimate of drug-likeness (QED) is 0.814. The Labute approximate surface area is 107 Å². The Morgan fingerprint density at radius 1 is 1.53 bits per heavy atom. The average Bonchev–Trinajstić information content (AvgIpc) is 2.82. The van der Waals surface area contributed by atoms with E-state index in [9.17, 15) is 5.11 Å². The number of hydrogen-bond donors (Lipinski definition) is 1. The van der Waals surface area contributed by atoms with Gasteiger partial charge in [0.1, 0.15) is 0 Å². The first-order chi connectivity index (χ1) is 8.25. The van der Waals surface area contributed by atoms with Crippen LogP contribution in [0.3, 0.4) is 0 Å². The van der Waals surface area contributed by atoms with Gasteiger partial charge < -0.3 is 9.84 Å². The molecule has 0 amide bonds. The number of aliphatic hydroxyl groups is 1. The molecule has 3 heteroatoms. The van der Waals surface area contributed by atoms with E-state index < -0.39 is 0 Å². The van der Waals surface area contributed by atoms with Gasteiger partial charge in [-0.3, -0.25) is 0 Å². The average molecular weight is 252 g/mol. The number of hydrogen-bond acceptors (Lipinski definition) is 3. The minimum absolute atomic E-state index is 0.381. The summed E-state index contributed by atoms with van der Waals surface area (Å²) in [4.78, 5) is 1.24. The van der Waals surface area contributed by atoms with Crippen molar-refractivity contribution in [3.05, 3.63) is 29.8 Å². The van der Waals surface area contributed by atoms with Crippen LogP contribution in [-0.2, 0) is 4.74 Å². The van der Waals surface area contributed by atoms with E-state index in [0.29, 0.717) is 6.10 Å². The summed E-state index contributed by atoms with van der Waals surface area (Å²) < 4.78 is 5.60. The summed E-state index contributed by atoms with van der Waals surface area (Å²) in [6.45, 7) is 2.74. The van der Waals surface area contributed by atoms with Crippen molar-refractivity contribution in [2.24, 2.45) is 0 Å². The van der Waals surface area contributed by atoms with E-state index in [1.165, 1.54) is 17.7 Å². The molecule has 1 fully saturated rings. The van der Waals surface area contributed by atoms with Gasteiger partial charge in [0, 0.05) is 17.3 Å². The maximum Gasteiger partial charge on any atom is 0.0762 e. The first kappa shape index (κ1) is 12.9. The molecule has 0 saturated carbocycles. The molecule has 2 nitrogen and oxygen atoms in total. The predicted molar refractivity (Wildman–Crippen MR) is 71.4 cm³/mol. The van der Waals surface area contributed by atoms with Gasteiger partial charge in [0.25, 0.3) is 0 Å². The van der Waals surface area contributed by atoms with E-state index in [1.54, 1.807) is 6.92 Å². The van der Waals surface area contributed by atoms with Crippen molar-refractivity contribution in [2.75, 3.05) is 12.4 Å². The van der Waals surface area contributed by atoms with Gasteiger partial charge in [0.15, 0.2) is 0 Å². The molecule has 2 rings (SSSR count). The monoisotopic (exact) mass is 252 g/mol. The van der Waals surface area contributed by atoms with E-state index in [2.05, 4.69) is 12.1 Å². The van der Waals surface area contributed by atoms with Gasteiger partial charge in [-0.15, -0.1) is 11.8 Å². The molecular formula is C14H20O2S. The highest BCUT2D eigenvalue weighted by Crippen LogP contribution is 2.25. The summed E-state index contributed by atoms with van der Waals surface area (Å²) in [5.41, 5.74) is 0.993. The molecule has 0 radical (unpaired) electrons. The fraction of sp³-hybridized carbons (Fsp3) is 0.571. The first-order valence-electron chi connectivity index (χ1n) is 6.28. The molecule has 2 unspecified atom stereocenters. The van der Waals surface area contributed by atoms with Crippen LogP contribution in [0.1, 0.15) is 37.9 Å². The second kappa shape index (κ2) is 6.43. The zero-order chi connectivity index (χ0) is 12.1. The minimum atomic E-state index is -0.381. The van der Waals surface area contributed by atoms with Gasteiger partial charge in [-0.2, -0.15) is 0 Å². The van der Waals surface area contributed by atoms with Crippen molar-refractivity contribution in [1.29, 1.82) is 0 Å². The van der Waals surface area contributed by atoms with Gasteiger partial charge in [-0.05, 0) is 43.9 Å². The lowest BCUT2D eigenvalue weighted by atomic mass is 10.1. The molecule has 94 valence electrons. The van der Waals surface area contributed by atoms with Crippen molar-refractivity contribution in [3.63, 3.8) is 0 Å². The Bertz CT molecular complexity index is 346. The predicted octanol–water partition coefficient (Wildman–Crippen LogP) is 3.40. The lowest BCUT2D eigenvalue weighted by Crippen LogP contribution is -2.05. The highest BCUT2D eigenvalue weighted by Gasteiger charge is 2.14. The standard InChI is InChI=1S/C14H20O2S/c1-11(15)12-4-2-6-14(10-12)17-9-7-13-5-3-8-16-13/h2,4,6,10-11,13,15H,3,5,7-9H2,1H3. The summed E-state index contributed by atoms with van der Waals surface area (Å²) in [6.07, 6.45) is 3.65. The van der Waals surface area contributed by atoms with Crippen molar-refractivity contribution < 1.29 is 9.84 Å². The maximum atomic E-state index is 9.52. The summed E-state index contributed by atoms with van der Waals surface area (Å²) >= 11 is 1.85. The summed E-state index contributed by atoms with van der Waals surface area (Å²) in [6, 6.07) is 8.15. The molecule has 1 N–H and O–H groups in total. The largest absolute Gasteiger partial charge is 0.389 e. The van der Waals surface area contributed by atoms with Crippen molar-refractivity contribution in [2.45, 2.75) is 43.3 Å². The van der Waals surface area contributed by atoms with Gasteiger partial charge >= 0.3 is 0 Å². The van der Waals surface area contributed by atoms with Crippen LogP contribution in [0, 0.1) is 0 Å².